The summed E-state index contributed by atoms with van der Waals surface area (Å²) in [4.78, 5) is 10.8. The Morgan fingerprint density at radius 3 is 2.50 bits per heavy atom. The van der Waals surface area contributed by atoms with Crippen LogP contribution in [0.4, 0.5) is 5.69 Å². The summed E-state index contributed by atoms with van der Waals surface area (Å²) < 4.78 is 0. The van der Waals surface area contributed by atoms with Crippen molar-refractivity contribution in [1.82, 2.24) is 0 Å². The van der Waals surface area contributed by atoms with Crippen molar-refractivity contribution >= 4 is 11.6 Å². The number of carbonyl (C=O) groups is 1. The van der Waals surface area contributed by atoms with Crippen molar-refractivity contribution in [2.24, 2.45) is 5.73 Å². The van der Waals surface area contributed by atoms with Crippen LogP contribution in [-0.4, -0.2) is 11.9 Å². The number of rotatable bonds is 3. The molecule has 0 saturated carbocycles. The molecule has 1 aromatic rings. The van der Waals surface area contributed by atoms with E-state index >= 15 is 0 Å². The zero-order valence-corrected chi connectivity index (χ0v) is 8.69. The standard InChI is InChI=1S/C11H10N4O/c1-7(11(14)16)15-10-3-2-8(5-12)9(4-10)6-13/h2-4,7,15H,1H3,(H2,14,16). The van der Waals surface area contributed by atoms with Crippen molar-refractivity contribution in [2.75, 3.05) is 5.32 Å². The number of primary amides is 1. The lowest BCUT2D eigenvalue weighted by molar-refractivity contribution is -0.118. The lowest BCUT2D eigenvalue weighted by Crippen LogP contribution is -2.32. The molecule has 0 bridgehead atoms. The molecule has 0 aliphatic rings. The fourth-order valence-electron chi connectivity index (χ4n) is 1.15. The Morgan fingerprint density at radius 2 is 2.00 bits per heavy atom. The average molecular weight is 214 g/mol. The highest BCUT2D eigenvalue weighted by Gasteiger charge is 2.09. The largest absolute Gasteiger partial charge is 0.374 e. The van der Waals surface area contributed by atoms with E-state index in [1.54, 1.807) is 13.0 Å². The molecule has 3 N–H and O–H groups in total. The third-order valence-electron chi connectivity index (χ3n) is 2.07. The van der Waals surface area contributed by atoms with Gasteiger partial charge in [-0.05, 0) is 25.1 Å². The van der Waals surface area contributed by atoms with Gasteiger partial charge in [-0.3, -0.25) is 4.79 Å². The topological polar surface area (TPSA) is 103 Å². The first-order chi connectivity index (χ1) is 7.58. The summed E-state index contributed by atoms with van der Waals surface area (Å²) >= 11 is 0. The second-order valence-corrected chi connectivity index (χ2v) is 3.25. The van der Waals surface area contributed by atoms with E-state index in [9.17, 15) is 4.79 Å². The van der Waals surface area contributed by atoms with Gasteiger partial charge in [-0.25, -0.2) is 0 Å². The molecular weight excluding hydrogens is 204 g/mol. The molecule has 0 spiro atoms. The molecule has 0 radical (unpaired) electrons. The Kier molecular flexibility index (Phi) is 3.47. The molecular formula is C11H10N4O. The van der Waals surface area contributed by atoms with Crippen molar-refractivity contribution in [3.8, 4) is 12.1 Å². The SMILES string of the molecule is CC(Nc1ccc(C#N)c(C#N)c1)C(N)=O. The minimum atomic E-state index is -0.528. The van der Waals surface area contributed by atoms with E-state index in [1.807, 2.05) is 12.1 Å². The minimum absolute atomic E-state index is 0.268. The van der Waals surface area contributed by atoms with Crippen LogP contribution in [0, 0.1) is 22.7 Å². The number of nitrogens with one attached hydrogen (secondary N) is 1. The lowest BCUT2D eigenvalue weighted by Gasteiger charge is -2.11. The first-order valence-corrected chi connectivity index (χ1v) is 4.58. The third-order valence-corrected chi connectivity index (χ3v) is 2.07. The van der Waals surface area contributed by atoms with Crippen LogP contribution < -0.4 is 11.1 Å². The van der Waals surface area contributed by atoms with Gasteiger partial charge in [0.25, 0.3) is 0 Å². The van der Waals surface area contributed by atoms with E-state index in [2.05, 4.69) is 5.32 Å². The maximum absolute atomic E-state index is 10.8. The van der Waals surface area contributed by atoms with Crippen LogP contribution in [0.5, 0.6) is 0 Å². The molecule has 1 amide bonds. The number of anilines is 1. The van der Waals surface area contributed by atoms with E-state index in [0.29, 0.717) is 11.3 Å². The second kappa shape index (κ2) is 4.81. The van der Waals surface area contributed by atoms with Crippen molar-refractivity contribution in [3.63, 3.8) is 0 Å². The minimum Gasteiger partial charge on any atom is -0.374 e. The summed E-state index contributed by atoms with van der Waals surface area (Å²) in [6.45, 7) is 1.62. The van der Waals surface area contributed by atoms with Gasteiger partial charge in [0.05, 0.1) is 11.1 Å². The molecule has 0 aliphatic carbocycles. The molecule has 1 unspecified atom stereocenters. The van der Waals surface area contributed by atoms with Crippen molar-refractivity contribution in [1.29, 1.82) is 10.5 Å². The number of nitrogens with zero attached hydrogens (tertiary/aromatic N) is 2. The maximum atomic E-state index is 10.8. The predicted molar refractivity (Wildman–Crippen MR) is 58.2 cm³/mol. The third kappa shape index (κ3) is 2.49. The molecule has 0 saturated heterocycles. The van der Waals surface area contributed by atoms with Crippen molar-refractivity contribution in [3.05, 3.63) is 29.3 Å². The van der Waals surface area contributed by atoms with Gasteiger partial charge in [0.2, 0.25) is 5.91 Å². The second-order valence-electron chi connectivity index (χ2n) is 3.25. The van der Waals surface area contributed by atoms with Gasteiger partial charge in [-0.2, -0.15) is 10.5 Å². The van der Waals surface area contributed by atoms with E-state index in [-0.39, 0.29) is 5.56 Å². The number of nitrogens with two attached hydrogens (primary N) is 1. The van der Waals surface area contributed by atoms with Gasteiger partial charge < -0.3 is 11.1 Å². The van der Waals surface area contributed by atoms with Crippen LogP contribution in [0.2, 0.25) is 0 Å². The Labute approximate surface area is 93.1 Å². The summed E-state index contributed by atoms with van der Waals surface area (Å²) in [7, 11) is 0. The van der Waals surface area contributed by atoms with Crippen LogP contribution in [-0.2, 0) is 4.79 Å². The van der Waals surface area contributed by atoms with Gasteiger partial charge in [0, 0.05) is 5.69 Å². The highest BCUT2D eigenvalue weighted by atomic mass is 16.1. The molecule has 5 nitrogen and oxygen atoms in total. The van der Waals surface area contributed by atoms with Crippen LogP contribution in [0.15, 0.2) is 18.2 Å². The molecule has 80 valence electrons. The van der Waals surface area contributed by atoms with Gasteiger partial charge in [-0.1, -0.05) is 0 Å². The monoisotopic (exact) mass is 214 g/mol. The predicted octanol–water partition coefficient (Wildman–Crippen LogP) is 0.716. The number of amides is 1. The summed E-state index contributed by atoms with van der Waals surface area (Å²) in [5.74, 6) is -0.483. The summed E-state index contributed by atoms with van der Waals surface area (Å²) in [5.41, 5.74) is 6.25. The van der Waals surface area contributed by atoms with Crippen LogP contribution >= 0.6 is 0 Å². The van der Waals surface area contributed by atoms with E-state index in [0.717, 1.165) is 0 Å². The first kappa shape index (κ1) is 11.5. The highest BCUT2D eigenvalue weighted by Crippen LogP contribution is 2.15. The fourth-order valence-corrected chi connectivity index (χ4v) is 1.15. The molecule has 0 aromatic heterocycles. The maximum Gasteiger partial charge on any atom is 0.239 e. The average Bonchev–Trinajstić information content (AvgIpc) is 2.28. The molecule has 0 heterocycles. The molecule has 1 atom stereocenters. The van der Waals surface area contributed by atoms with Gasteiger partial charge in [-0.15, -0.1) is 0 Å². The van der Waals surface area contributed by atoms with Gasteiger partial charge in [0.1, 0.15) is 18.2 Å². The fraction of sp³-hybridized carbons (Fsp3) is 0.182. The molecule has 16 heavy (non-hydrogen) atoms. The molecule has 0 fully saturated rings. The first-order valence-electron chi connectivity index (χ1n) is 4.58. The van der Waals surface area contributed by atoms with Crippen LogP contribution in [0.1, 0.15) is 18.1 Å². The van der Waals surface area contributed by atoms with Gasteiger partial charge in [0.15, 0.2) is 0 Å². The quantitative estimate of drug-likeness (QED) is 0.773. The van der Waals surface area contributed by atoms with E-state index in [4.69, 9.17) is 16.3 Å². The summed E-state index contributed by atoms with van der Waals surface area (Å²) in [6.07, 6.45) is 0. The highest BCUT2D eigenvalue weighted by molar-refractivity contribution is 5.82. The van der Waals surface area contributed by atoms with Crippen LogP contribution in [0.3, 0.4) is 0 Å². The normalized spacial score (nSPS) is 10.9. The van der Waals surface area contributed by atoms with Crippen LogP contribution in [0.25, 0.3) is 0 Å². The van der Waals surface area contributed by atoms with Crippen molar-refractivity contribution < 1.29 is 4.79 Å². The van der Waals surface area contributed by atoms with E-state index in [1.165, 1.54) is 12.1 Å². The zero-order valence-electron chi connectivity index (χ0n) is 8.69. The Bertz CT molecular complexity index is 496. The molecule has 5 heteroatoms. The molecule has 1 rings (SSSR count). The zero-order chi connectivity index (χ0) is 12.1. The summed E-state index contributed by atoms with van der Waals surface area (Å²) in [6, 6.07) is 7.95. The number of nitriles is 2. The Hall–Kier alpha value is -2.53. The van der Waals surface area contributed by atoms with Gasteiger partial charge >= 0.3 is 0 Å². The van der Waals surface area contributed by atoms with Crippen molar-refractivity contribution in [2.45, 2.75) is 13.0 Å². The smallest absolute Gasteiger partial charge is 0.239 e. The van der Waals surface area contributed by atoms with E-state index < -0.39 is 11.9 Å². The Morgan fingerprint density at radius 1 is 1.38 bits per heavy atom. The summed E-state index contributed by atoms with van der Waals surface area (Å²) in [5, 5.41) is 20.3. The lowest BCUT2D eigenvalue weighted by atomic mass is 10.1. The number of hydrogen-bond donors (Lipinski definition) is 2. The molecule has 0 aliphatic heterocycles. The number of hydrogen-bond acceptors (Lipinski definition) is 4. The molecule has 1 aromatic carbocycles. The Balaban J connectivity index is 2.98. The number of benzene rings is 1. The number of carbonyl (C=O) groups excluding carboxylic acids is 1.